The molecule has 9 heteroatoms. The lowest BCUT2D eigenvalue weighted by Gasteiger charge is -2.36. The van der Waals surface area contributed by atoms with Crippen LogP contribution in [0.25, 0.3) is 0 Å². The van der Waals surface area contributed by atoms with Crippen LogP contribution >= 0.6 is 24.8 Å². The highest BCUT2D eigenvalue weighted by Crippen LogP contribution is 2.19. The minimum Gasteiger partial charge on any atom is -0.497 e. The number of nitrogens with zero attached hydrogens (tertiary/aromatic N) is 3. The average Bonchev–Trinajstić information content (AvgIpc) is 2.91. The Morgan fingerprint density at radius 2 is 1.56 bits per heavy atom. The second kappa shape index (κ2) is 14.4. The topological polar surface area (TPSA) is 74.8 Å². The summed E-state index contributed by atoms with van der Waals surface area (Å²) in [6.45, 7) is 3.84. The Bertz CT molecular complexity index is 1080. The van der Waals surface area contributed by atoms with Gasteiger partial charge < -0.3 is 15.0 Å². The molecule has 0 radical (unpaired) electrons. The predicted octanol–water partition coefficient (Wildman–Crippen LogP) is 3.79. The molecule has 2 amide bonds. The minimum absolute atomic E-state index is 0. The third kappa shape index (κ3) is 7.68. The van der Waals surface area contributed by atoms with Gasteiger partial charge in [-0.2, -0.15) is 0 Å². The Hall–Kier alpha value is -3.13. The van der Waals surface area contributed by atoms with E-state index in [1.165, 1.54) is 5.56 Å². The van der Waals surface area contributed by atoms with Crippen molar-refractivity contribution in [2.75, 3.05) is 39.8 Å². The fourth-order valence-electron chi connectivity index (χ4n) is 4.10. The molecule has 1 atom stereocenters. The van der Waals surface area contributed by atoms with E-state index in [0.29, 0.717) is 24.4 Å². The first-order valence-electron chi connectivity index (χ1n) is 11.5. The van der Waals surface area contributed by atoms with Gasteiger partial charge in [0.05, 0.1) is 7.11 Å². The van der Waals surface area contributed by atoms with Crippen LogP contribution in [0, 0.1) is 0 Å². The van der Waals surface area contributed by atoms with Crippen LogP contribution in [0.4, 0.5) is 0 Å². The number of ether oxygens (including phenoxy) is 1. The molecule has 2 heterocycles. The first kappa shape index (κ1) is 29.1. The van der Waals surface area contributed by atoms with E-state index in [4.69, 9.17) is 4.74 Å². The number of rotatable bonds is 8. The number of pyridine rings is 1. The first-order valence-corrected chi connectivity index (χ1v) is 11.5. The summed E-state index contributed by atoms with van der Waals surface area (Å²) in [5.74, 6) is 0.303. The lowest BCUT2D eigenvalue weighted by atomic mass is 10.0. The van der Waals surface area contributed by atoms with Crippen LogP contribution in [0.15, 0.2) is 79.1 Å². The molecular weight excluding hydrogens is 499 g/mol. The fraction of sp³-hybridized carbons (Fsp3) is 0.296. The van der Waals surface area contributed by atoms with Gasteiger partial charge in [-0.05, 0) is 53.9 Å². The number of halogens is 2. The molecule has 0 aliphatic carbocycles. The minimum atomic E-state index is -0.737. The smallest absolute Gasteiger partial charge is 0.252 e. The van der Waals surface area contributed by atoms with Crippen molar-refractivity contribution in [2.24, 2.45) is 0 Å². The number of amides is 2. The molecule has 2 aromatic carbocycles. The molecule has 0 spiro atoms. The zero-order valence-electron chi connectivity index (χ0n) is 20.2. The van der Waals surface area contributed by atoms with E-state index >= 15 is 0 Å². The van der Waals surface area contributed by atoms with Crippen LogP contribution < -0.4 is 10.1 Å². The van der Waals surface area contributed by atoms with Crippen LogP contribution in [-0.4, -0.2) is 66.4 Å². The maximum absolute atomic E-state index is 13.5. The second-order valence-corrected chi connectivity index (χ2v) is 8.32. The Morgan fingerprint density at radius 1 is 0.917 bits per heavy atom. The van der Waals surface area contributed by atoms with Gasteiger partial charge in [-0.15, -0.1) is 24.8 Å². The highest BCUT2D eigenvalue weighted by Gasteiger charge is 2.30. The van der Waals surface area contributed by atoms with Gasteiger partial charge in [0, 0.05) is 50.7 Å². The van der Waals surface area contributed by atoms with Crippen LogP contribution in [0.1, 0.15) is 27.5 Å². The summed E-state index contributed by atoms with van der Waals surface area (Å²) in [5, 5.41) is 2.95. The van der Waals surface area contributed by atoms with Gasteiger partial charge in [0.2, 0.25) is 5.91 Å². The Morgan fingerprint density at radius 3 is 2.17 bits per heavy atom. The summed E-state index contributed by atoms with van der Waals surface area (Å²) in [4.78, 5) is 34.8. The number of methoxy groups -OCH3 is 1. The second-order valence-electron chi connectivity index (χ2n) is 8.32. The predicted molar refractivity (Wildman–Crippen MR) is 145 cm³/mol. The van der Waals surface area contributed by atoms with Crippen LogP contribution in [0.5, 0.6) is 5.75 Å². The third-order valence-electron chi connectivity index (χ3n) is 6.16. The van der Waals surface area contributed by atoms with Crippen molar-refractivity contribution in [3.8, 4) is 5.75 Å². The van der Waals surface area contributed by atoms with Crippen molar-refractivity contribution in [3.63, 3.8) is 0 Å². The van der Waals surface area contributed by atoms with E-state index in [1.807, 2.05) is 59.8 Å². The number of carbonyl (C=O) groups excluding carboxylic acids is 2. The Labute approximate surface area is 224 Å². The number of aromatic nitrogens is 1. The van der Waals surface area contributed by atoms with Crippen LogP contribution in [0.2, 0.25) is 0 Å². The Balaban J connectivity index is 0.00000228. The molecule has 7 nitrogen and oxygen atoms in total. The Kier molecular flexibility index (Phi) is 11.7. The van der Waals surface area contributed by atoms with Crippen molar-refractivity contribution in [1.82, 2.24) is 20.1 Å². The zero-order chi connectivity index (χ0) is 23.8. The van der Waals surface area contributed by atoms with Crippen molar-refractivity contribution in [2.45, 2.75) is 12.5 Å². The summed E-state index contributed by atoms with van der Waals surface area (Å²) in [7, 11) is 1.58. The molecule has 0 saturated carbocycles. The maximum atomic E-state index is 13.5. The molecule has 0 bridgehead atoms. The molecule has 1 aliphatic rings. The molecule has 1 saturated heterocycles. The highest BCUT2D eigenvalue weighted by atomic mass is 35.5. The molecular formula is C27H32Cl2N4O3. The van der Waals surface area contributed by atoms with Crippen molar-refractivity contribution in [1.29, 1.82) is 0 Å². The van der Waals surface area contributed by atoms with E-state index in [2.05, 4.69) is 15.2 Å². The molecule has 36 heavy (non-hydrogen) atoms. The SMILES string of the molecule is COc1ccc(C(=O)N[C@@H](C(=O)N2CCN(CCc3ccncc3)CC2)c2ccccc2)cc1.Cl.Cl. The number of carbonyl (C=O) groups is 2. The third-order valence-corrected chi connectivity index (χ3v) is 6.16. The maximum Gasteiger partial charge on any atom is 0.252 e. The molecule has 1 fully saturated rings. The van der Waals surface area contributed by atoms with E-state index < -0.39 is 6.04 Å². The van der Waals surface area contributed by atoms with E-state index in [0.717, 1.165) is 31.6 Å². The summed E-state index contributed by atoms with van der Waals surface area (Å²) < 4.78 is 5.17. The van der Waals surface area contributed by atoms with Crippen molar-refractivity contribution < 1.29 is 14.3 Å². The zero-order valence-corrected chi connectivity index (χ0v) is 21.8. The molecule has 1 aliphatic heterocycles. The molecule has 1 aromatic heterocycles. The van der Waals surface area contributed by atoms with Gasteiger partial charge in [-0.3, -0.25) is 19.5 Å². The normalized spacial score (nSPS) is 14.1. The monoisotopic (exact) mass is 530 g/mol. The molecule has 0 unspecified atom stereocenters. The van der Waals surface area contributed by atoms with Gasteiger partial charge in [-0.25, -0.2) is 0 Å². The van der Waals surface area contributed by atoms with Gasteiger partial charge in [0.25, 0.3) is 5.91 Å². The number of piperazine rings is 1. The number of hydrogen-bond donors (Lipinski definition) is 1. The summed E-state index contributed by atoms with van der Waals surface area (Å²) in [5.41, 5.74) is 2.52. The van der Waals surface area contributed by atoms with Crippen LogP contribution in [-0.2, 0) is 11.2 Å². The highest BCUT2D eigenvalue weighted by molar-refractivity contribution is 5.98. The standard InChI is InChI=1S/C27H30N4O3.2ClH/c1-34-24-9-7-23(8-10-24)26(32)29-25(22-5-3-2-4-6-22)27(33)31-19-17-30(18-20-31)16-13-21-11-14-28-15-12-21;;/h2-12,14-15,25H,13,16-20H2,1H3,(H,29,32);2*1H/t25-;;/m1../s1. The van der Waals surface area contributed by atoms with Crippen molar-refractivity contribution >= 4 is 36.6 Å². The van der Waals surface area contributed by atoms with Crippen molar-refractivity contribution in [3.05, 3.63) is 95.8 Å². The lowest BCUT2D eigenvalue weighted by molar-refractivity contribution is -0.135. The summed E-state index contributed by atoms with van der Waals surface area (Å²) in [6, 6.07) is 19.6. The number of benzene rings is 2. The van der Waals surface area contributed by atoms with Gasteiger partial charge in [-0.1, -0.05) is 30.3 Å². The lowest BCUT2D eigenvalue weighted by Crippen LogP contribution is -2.52. The fourth-order valence-corrected chi connectivity index (χ4v) is 4.10. The molecule has 1 N–H and O–H groups in total. The summed E-state index contributed by atoms with van der Waals surface area (Å²) >= 11 is 0. The van der Waals surface area contributed by atoms with E-state index in [-0.39, 0.29) is 36.6 Å². The average molecular weight is 531 g/mol. The first-order chi connectivity index (χ1) is 16.6. The quantitative estimate of drug-likeness (QED) is 0.479. The summed E-state index contributed by atoms with van der Waals surface area (Å²) in [6.07, 6.45) is 4.59. The van der Waals surface area contributed by atoms with Gasteiger partial charge in [0.1, 0.15) is 11.8 Å². The molecule has 4 rings (SSSR count). The van der Waals surface area contributed by atoms with E-state index in [1.54, 1.807) is 31.4 Å². The van der Waals surface area contributed by atoms with Gasteiger partial charge in [0.15, 0.2) is 0 Å². The van der Waals surface area contributed by atoms with Gasteiger partial charge >= 0.3 is 0 Å². The largest absolute Gasteiger partial charge is 0.497 e. The van der Waals surface area contributed by atoms with E-state index in [9.17, 15) is 9.59 Å². The number of nitrogens with one attached hydrogen (secondary N) is 1. The van der Waals surface area contributed by atoms with Crippen LogP contribution in [0.3, 0.4) is 0 Å². The molecule has 3 aromatic rings. The number of hydrogen-bond acceptors (Lipinski definition) is 5. The molecule has 192 valence electrons.